The van der Waals surface area contributed by atoms with Crippen LogP contribution in [0.15, 0.2) is 24.3 Å². The van der Waals surface area contributed by atoms with E-state index in [1.807, 2.05) is 26.8 Å². The fraction of sp³-hybridized carbons (Fsp3) is 0.500. The molecule has 0 atom stereocenters. The minimum atomic E-state index is -0.192. The molecule has 0 saturated carbocycles. The summed E-state index contributed by atoms with van der Waals surface area (Å²) in [6.07, 6.45) is 3.86. The summed E-state index contributed by atoms with van der Waals surface area (Å²) in [6.45, 7) is 9.22. The van der Waals surface area contributed by atoms with Crippen molar-refractivity contribution in [2.75, 3.05) is 0 Å². The number of rotatable bonds is 4. The van der Waals surface area contributed by atoms with E-state index in [4.69, 9.17) is 4.74 Å². The molecule has 0 heterocycles. The Hall–Kier alpha value is -1.05. The van der Waals surface area contributed by atoms with Gasteiger partial charge < -0.3 is 4.74 Å². The average molecular weight is 168 g/mol. The number of esters is 1. The molecule has 0 aliphatic rings. The van der Waals surface area contributed by atoms with Crippen LogP contribution in [0.2, 0.25) is 0 Å². The van der Waals surface area contributed by atoms with Gasteiger partial charge in [-0.1, -0.05) is 24.3 Å². The summed E-state index contributed by atoms with van der Waals surface area (Å²) < 4.78 is 4.91. The highest BCUT2D eigenvalue weighted by molar-refractivity contribution is 5.71. The molecule has 0 saturated heterocycles. The van der Waals surface area contributed by atoms with Crippen LogP contribution >= 0.6 is 0 Å². The SMILES string of the molecule is C=C(C)C=CCC(=O)OC(C)C. The van der Waals surface area contributed by atoms with Gasteiger partial charge in [0.25, 0.3) is 0 Å². The van der Waals surface area contributed by atoms with Crippen molar-refractivity contribution < 1.29 is 9.53 Å². The van der Waals surface area contributed by atoms with Crippen LogP contribution in [0, 0.1) is 0 Å². The van der Waals surface area contributed by atoms with Gasteiger partial charge in [0.15, 0.2) is 0 Å². The van der Waals surface area contributed by atoms with E-state index in [1.54, 1.807) is 6.08 Å². The zero-order valence-corrected chi connectivity index (χ0v) is 7.96. The van der Waals surface area contributed by atoms with Crippen molar-refractivity contribution in [2.45, 2.75) is 33.3 Å². The first-order valence-electron chi connectivity index (χ1n) is 4.04. The Morgan fingerprint density at radius 3 is 2.58 bits per heavy atom. The highest BCUT2D eigenvalue weighted by Gasteiger charge is 2.01. The first kappa shape index (κ1) is 11.0. The number of carbonyl (C=O) groups excluding carboxylic acids is 1. The fourth-order valence-electron chi connectivity index (χ4n) is 0.667. The number of hydrogen-bond donors (Lipinski definition) is 0. The standard InChI is InChI=1S/C10H16O2/c1-8(2)6-5-7-10(11)12-9(3)4/h5-6,9H,1,7H2,2-4H3. The maximum absolute atomic E-state index is 10.9. The zero-order valence-electron chi connectivity index (χ0n) is 7.96. The summed E-state index contributed by atoms with van der Waals surface area (Å²) in [5.74, 6) is -0.192. The van der Waals surface area contributed by atoms with Crippen LogP contribution < -0.4 is 0 Å². The van der Waals surface area contributed by atoms with Crippen LogP contribution in [0.4, 0.5) is 0 Å². The summed E-state index contributed by atoms with van der Waals surface area (Å²) in [5, 5.41) is 0. The third-order valence-electron chi connectivity index (χ3n) is 1.05. The van der Waals surface area contributed by atoms with Gasteiger partial charge in [0.2, 0.25) is 0 Å². The van der Waals surface area contributed by atoms with Crippen LogP contribution in [0.25, 0.3) is 0 Å². The molecule has 0 aromatic carbocycles. The largest absolute Gasteiger partial charge is 0.463 e. The van der Waals surface area contributed by atoms with Gasteiger partial charge in [0.1, 0.15) is 0 Å². The Kier molecular flexibility index (Phi) is 5.09. The predicted molar refractivity (Wildman–Crippen MR) is 49.8 cm³/mol. The Labute approximate surface area is 73.9 Å². The second-order valence-corrected chi connectivity index (χ2v) is 2.99. The minimum absolute atomic E-state index is 0.0317. The Morgan fingerprint density at radius 2 is 2.17 bits per heavy atom. The predicted octanol–water partition coefficient (Wildman–Crippen LogP) is 2.46. The highest BCUT2D eigenvalue weighted by Crippen LogP contribution is 1.96. The van der Waals surface area contributed by atoms with Crippen molar-refractivity contribution in [3.8, 4) is 0 Å². The first-order chi connectivity index (χ1) is 5.52. The summed E-state index contributed by atoms with van der Waals surface area (Å²) in [7, 11) is 0. The lowest BCUT2D eigenvalue weighted by molar-refractivity contribution is -0.146. The van der Waals surface area contributed by atoms with Gasteiger partial charge in [-0.15, -0.1) is 0 Å². The molecule has 0 aromatic rings. The molecule has 0 radical (unpaired) electrons. The quantitative estimate of drug-likeness (QED) is 0.476. The molecule has 0 N–H and O–H groups in total. The molecular weight excluding hydrogens is 152 g/mol. The van der Waals surface area contributed by atoms with Crippen molar-refractivity contribution >= 4 is 5.97 Å². The van der Waals surface area contributed by atoms with E-state index in [9.17, 15) is 4.79 Å². The second-order valence-electron chi connectivity index (χ2n) is 2.99. The molecule has 2 nitrogen and oxygen atoms in total. The molecule has 0 bridgehead atoms. The maximum atomic E-state index is 10.9. The molecule has 0 aliphatic carbocycles. The molecule has 0 spiro atoms. The molecule has 0 unspecified atom stereocenters. The molecule has 0 fully saturated rings. The number of carbonyl (C=O) groups is 1. The third-order valence-corrected chi connectivity index (χ3v) is 1.05. The summed E-state index contributed by atoms with van der Waals surface area (Å²) in [4.78, 5) is 10.9. The van der Waals surface area contributed by atoms with Crippen LogP contribution in [-0.4, -0.2) is 12.1 Å². The van der Waals surface area contributed by atoms with E-state index >= 15 is 0 Å². The monoisotopic (exact) mass is 168 g/mol. The normalized spacial score (nSPS) is 10.7. The molecule has 12 heavy (non-hydrogen) atoms. The second kappa shape index (κ2) is 5.58. The van der Waals surface area contributed by atoms with Gasteiger partial charge >= 0.3 is 5.97 Å². The molecular formula is C10H16O2. The van der Waals surface area contributed by atoms with Crippen LogP contribution in [0.5, 0.6) is 0 Å². The van der Waals surface area contributed by atoms with E-state index in [2.05, 4.69) is 6.58 Å². The molecule has 0 amide bonds. The lowest BCUT2D eigenvalue weighted by Gasteiger charge is -2.05. The van der Waals surface area contributed by atoms with Crippen molar-refractivity contribution in [2.24, 2.45) is 0 Å². The van der Waals surface area contributed by atoms with Gasteiger partial charge in [0, 0.05) is 0 Å². The van der Waals surface area contributed by atoms with Crippen molar-refractivity contribution in [1.29, 1.82) is 0 Å². The summed E-state index contributed by atoms with van der Waals surface area (Å²) in [5.41, 5.74) is 0.937. The first-order valence-corrected chi connectivity index (χ1v) is 4.04. The van der Waals surface area contributed by atoms with Gasteiger partial charge in [-0.05, 0) is 20.8 Å². The van der Waals surface area contributed by atoms with Gasteiger partial charge in [-0.3, -0.25) is 4.79 Å². The Balaban J connectivity index is 3.64. The van der Waals surface area contributed by atoms with Gasteiger partial charge in [-0.2, -0.15) is 0 Å². The number of allylic oxidation sites excluding steroid dienone is 2. The average Bonchev–Trinajstić information content (AvgIpc) is 1.84. The van der Waals surface area contributed by atoms with Gasteiger partial charge in [0.05, 0.1) is 12.5 Å². The number of ether oxygens (including phenoxy) is 1. The molecule has 0 rings (SSSR count). The Bertz CT molecular complexity index is 190. The maximum Gasteiger partial charge on any atom is 0.309 e. The third kappa shape index (κ3) is 7.06. The fourth-order valence-corrected chi connectivity index (χ4v) is 0.667. The topological polar surface area (TPSA) is 26.3 Å². The van der Waals surface area contributed by atoms with Crippen molar-refractivity contribution in [3.05, 3.63) is 24.3 Å². The minimum Gasteiger partial charge on any atom is -0.463 e. The molecule has 0 aliphatic heterocycles. The summed E-state index contributed by atoms with van der Waals surface area (Å²) in [6, 6.07) is 0. The molecule has 2 heteroatoms. The lowest BCUT2D eigenvalue weighted by atomic mass is 10.3. The summed E-state index contributed by atoms with van der Waals surface area (Å²) >= 11 is 0. The van der Waals surface area contributed by atoms with Crippen LogP contribution in [-0.2, 0) is 9.53 Å². The van der Waals surface area contributed by atoms with Crippen LogP contribution in [0.1, 0.15) is 27.2 Å². The van der Waals surface area contributed by atoms with Gasteiger partial charge in [-0.25, -0.2) is 0 Å². The Morgan fingerprint density at radius 1 is 1.58 bits per heavy atom. The van der Waals surface area contributed by atoms with E-state index in [-0.39, 0.29) is 12.1 Å². The smallest absolute Gasteiger partial charge is 0.309 e. The van der Waals surface area contributed by atoms with E-state index in [0.717, 1.165) is 5.57 Å². The molecule has 0 aromatic heterocycles. The highest BCUT2D eigenvalue weighted by atomic mass is 16.5. The van der Waals surface area contributed by atoms with E-state index < -0.39 is 0 Å². The zero-order chi connectivity index (χ0) is 9.56. The lowest BCUT2D eigenvalue weighted by Crippen LogP contribution is -2.09. The van der Waals surface area contributed by atoms with Crippen molar-refractivity contribution in [1.82, 2.24) is 0 Å². The van der Waals surface area contributed by atoms with E-state index in [0.29, 0.717) is 6.42 Å². The van der Waals surface area contributed by atoms with E-state index in [1.165, 1.54) is 0 Å². The number of hydrogen-bond acceptors (Lipinski definition) is 2. The molecule has 68 valence electrons. The van der Waals surface area contributed by atoms with Crippen molar-refractivity contribution in [3.63, 3.8) is 0 Å². The van der Waals surface area contributed by atoms with Crippen LogP contribution in [0.3, 0.4) is 0 Å².